The highest BCUT2D eigenvalue weighted by Crippen LogP contribution is 2.28. The number of carbonyl (C=O) groups is 2. The van der Waals surface area contributed by atoms with E-state index in [1.54, 1.807) is 13.0 Å². The maximum Gasteiger partial charge on any atom is 0.313 e. The summed E-state index contributed by atoms with van der Waals surface area (Å²) in [6.07, 6.45) is 7.28. The lowest BCUT2D eigenvalue weighted by Crippen LogP contribution is -2.44. The van der Waals surface area contributed by atoms with Crippen LogP contribution in [0.25, 0.3) is 0 Å². The first-order chi connectivity index (χ1) is 13.4. The molecule has 1 saturated heterocycles. The molecule has 1 heterocycles. The van der Waals surface area contributed by atoms with Crippen LogP contribution in [0, 0.1) is 23.0 Å². The van der Waals surface area contributed by atoms with Gasteiger partial charge in [0.1, 0.15) is 5.69 Å². The summed E-state index contributed by atoms with van der Waals surface area (Å²) in [5.41, 5.74) is 0.513. The number of nitro benzene ring substituents is 1. The van der Waals surface area contributed by atoms with Crippen molar-refractivity contribution in [3.8, 4) is 0 Å². The van der Waals surface area contributed by atoms with E-state index >= 15 is 0 Å². The second kappa shape index (κ2) is 9.14. The van der Waals surface area contributed by atoms with Crippen molar-refractivity contribution >= 4 is 23.2 Å². The molecule has 1 aromatic carbocycles. The van der Waals surface area contributed by atoms with E-state index in [0.29, 0.717) is 18.0 Å². The number of nitrogens with one attached hydrogen (secondary N) is 2. The summed E-state index contributed by atoms with van der Waals surface area (Å²) < 4.78 is 0. The Labute approximate surface area is 164 Å². The lowest BCUT2D eigenvalue weighted by molar-refractivity contribution is -0.384. The van der Waals surface area contributed by atoms with Gasteiger partial charge in [0.25, 0.3) is 5.69 Å². The SMILES string of the molecule is Cc1ccc(NC(=O)C(=O)NCC2CCN(C3CCCC3)CC2)c([N+](=O)[O-])c1. The van der Waals surface area contributed by atoms with Gasteiger partial charge in [0, 0.05) is 18.7 Å². The monoisotopic (exact) mass is 388 g/mol. The van der Waals surface area contributed by atoms with Crippen LogP contribution in [0.3, 0.4) is 0 Å². The van der Waals surface area contributed by atoms with Gasteiger partial charge in [-0.25, -0.2) is 0 Å². The molecule has 28 heavy (non-hydrogen) atoms. The van der Waals surface area contributed by atoms with Crippen molar-refractivity contribution in [2.24, 2.45) is 5.92 Å². The third-order valence-electron chi connectivity index (χ3n) is 5.85. The number of nitrogens with zero attached hydrogens (tertiary/aromatic N) is 2. The molecule has 1 aliphatic carbocycles. The molecule has 2 fully saturated rings. The number of benzene rings is 1. The van der Waals surface area contributed by atoms with Gasteiger partial charge in [0.05, 0.1) is 4.92 Å². The quantitative estimate of drug-likeness (QED) is 0.458. The maximum atomic E-state index is 12.1. The van der Waals surface area contributed by atoms with Crippen molar-refractivity contribution in [2.45, 2.75) is 51.5 Å². The first-order valence-electron chi connectivity index (χ1n) is 10.0. The second-order valence-corrected chi connectivity index (χ2v) is 7.86. The van der Waals surface area contributed by atoms with Crippen LogP contribution >= 0.6 is 0 Å². The number of piperidine rings is 1. The molecule has 8 heteroatoms. The lowest BCUT2D eigenvalue weighted by atomic mass is 9.95. The summed E-state index contributed by atoms with van der Waals surface area (Å²) in [5, 5.41) is 16.2. The summed E-state index contributed by atoms with van der Waals surface area (Å²) in [6.45, 7) is 4.28. The predicted molar refractivity (Wildman–Crippen MR) is 106 cm³/mol. The highest BCUT2D eigenvalue weighted by molar-refractivity contribution is 6.39. The highest BCUT2D eigenvalue weighted by Gasteiger charge is 2.27. The van der Waals surface area contributed by atoms with Gasteiger partial charge in [-0.2, -0.15) is 0 Å². The van der Waals surface area contributed by atoms with Gasteiger partial charge in [0.2, 0.25) is 0 Å². The first-order valence-corrected chi connectivity index (χ1v) is 10.0. The van der Waals surface area contributed by atoms with E-state index in [4.69, 9.17) is 0 Å². The van der Waals surface area contributed by atoms with Gasteiger partial charge in [-0.3, -0.25) is 19.7 Å². The minimum absolute atomic E-state index is 0.0284. The van der Waals surface area contributed by atoms with Gasteiger partial charge in [-0.05, 0) is 63.2 Å². The normalized spacial score (nSPS) is 18.8. The average Bonchev–Trinajstić information content (AvgIpc) is 3.22. The smallest absolute Gasteiger partial charge is 0.313 e. The fourth-order valence-corrected chi connectivity index (χ4v) is 4.19. The Morgan fingerprint density at radius 3 is 2.46 bits per heavy atom. The number of carbonyl (C=O) groups excluding carboxylic acids is 2. The molecule has 1 saturated carbocycles. The van der Waals surface area contributed by atoms with Crippen molar-refractivity contribution in [1.82, 2.24) is 10.2 Å². The van der Waals surface area contributed by atoms with E-state index in [1.807, 2.05) is 0 Å². The lowest BCUT2D eigenvalue weighted by Gasteiger charge is -2.36. The Bertz CT molecular complexity index is 738. The van der Waals surface area contributed by atoms with Gasteiger partial charge in [-0.1, -0.05) is 18.9 Å². The number of anilines is 1. The third-order valence-corrected chi connectivity index (χ3v) is 5.85. The van der Waals surface area contributed by atoms with E-state index in [1.165, 1.54) is 37.8 Å². The van der Waals surface area contributed by atoms with E-state index in [-0.39, 0.29) is 11.4 Å². The maximum absolute atomic E-state index is 12.1. The molecule has 0 radical (unpaired) electrons. The topological polar surface area (TPSA) is 105 Å². The molecule has 2 aliphatic rings. The van der Waals surface area contributed by atoms with Crippen LogP contribution in [0.4, 0.5) is 11.4 Å². The molecule has 0 unspecified atom stereocenters. The molecule has 3 rings (SSSR count). The minimum atomic E-state index is -0.879. The van der Waals surface area contributed by atoms with Gasteiger partial charge in [-0.15, -0.1) is 0 Å². The van der Waals surface area contributed by atoms with Crippen LogP contribution in [0.15, 0.2) is 18.2 Å². The Morgan fingerprint density at radius 1 is 1.14 bits per heavy atom. The Morgan fingerprint density at radius 2 is 1.82 bits per heavy atom. The number of aryl methyl sites for hydroxylation is 1. The zero-order valence-corrected chi connectivity index (χ0v) is 16.3. The van der Waals surface area contributed by atoms with Crippen LogP contribution in [0.2, 0.25) is 0 Å². The first kappa shape index (κ1) is 20.3. The summed E-state index contributed by atoms with van der Waals surface area (Å²) in [7, 11) is 0. The minimum Gasteiger partial charge on any atom is -0.348 e. The van der Waals surface area contributed by atoms with Gasteiger partial charge in [0.15, 0.2) is 0 Å². The van der Waals surface area contributed by atoms with Crippen molar-refractivity contribution in [1.29, 1.82) is 0 Å². The molecular weight excluding hydrogens is 360 g/mol. The standard InChI is InChI=1S/C20H28N4O4/c1-14-6-7-17(18(12-14)24(27)28)22-20(26)19(25)21-13-15-8-10-23(11-9-15)16-4-2-3-5-16/h6-7,12,15-16H,2-5,8-11,13H2,1H3,(H,21,25)(H,22,26). The molecule has 0 spiro atoms. The number of hydrogen-bond donors (Lipinski definition) is 2. The number of hydrogen-bond acceptors (Lipinski definition) is 5. The number of rotatable bonds is 5. The number of likely N-dealkylation sites (tertiary alicyclic amines) is 1. The summed E-state index contributed by atoms with van der Waals surface area (Å²) >= 11 is 0. The molecule has 1 aliphatic heterocycles. The zero-order chi connectivity index (χ0) is 20.1. The summed E-state index contributed by atoms with van der Waals surface area (Å²) in [4.78, 5) is 37.3. The molecule has 152 valence electrons. The molecule has 0 aromatic heterocycles. The van der Waals surface area contributed by atoms with Crippen LogP contribution in [0.1, 0.15) is 44.1 Å². The molecule has 0 bridgehead atoms. The number of amides is 2. The number of nitro groups is 1. The summed E-state index contributed by atoms with van der Waals surface area (Å²) in [5.74, 6) is -1.27. The third kappa shape index (κ3) is 5.07. The summed E-state index contributed by atoms with van der Waals surface area (Å²) in [6, 6.07) is 5.19. The van der Waals surface area contributed by atoms with E-state index in [2.05, 4.69) is 15.5 Å². The zero-order valence-electron chi connectivity index (χ0n) is 16.3. The van der Waals surface area contributed by atoms with Crippen molar-refractivity contribution in [3.63, 3.8) is 0 Å². The molecule has 2 amide bonds. The van der Waals surface area contributed by atoms with Crippen LogP contribution in [0.5, 0.6) is 0 Å². The second-order valence-electron chi connectivity index (χ2n) is 7.86. The highest BCUT2D eigenvalue weighted by atomic mass is 16.6. The van der Waals surface area contributed by atoms with Crippen LogP contribution < -0.4 is 10.6 Å². The molecule has 1 aromatic rings. The largest absolute Gasteiger partial charge is 0.348 e. The van der Waals surface area contributed by atoms with E-state index in [9.17, 15) is 19.7 Å². The Hall–Kier alpha value is -2.48. The molecule has 2 N–H and O–H groups in total. The van der Waals surface area contributed by atoms with Crippen LogP contribution in [-0.2, 0) is 9.59 Å². The fourth-order valence-electron chi connectivity index (χ4n) is 4.19. The molecular formula is C20H28N4O4. The fraction of sp³-hybridized carbons (Fsp3) is 0.600. The van der Waals surface area contributed by atoms with Crippen molar-refractivity contribution < 1.29 is 14.5 Å². The van der Waals surface area contributed by atoms with Gasteiger partial charge >= 0.3 is 11.8 Å². The van der Waals surface area contributed by atoms with Crippen LogP contribution in [-0.4, -0.2) is 47.3 Å². The average molecular weight is 388 g/mol. The molecule has 8 nitrogen and oxygen atoms in total. The van der Waals surface area contributed by atoms with Crippen molar-refractivity contribution in [3.05, 3.63) is 33.9 Å². The van der Waals surface area contributed by atoms with Crippen molar-refractivity contribution in [2.75, 3.05) is 25.0 Å². The Kier molecular flexibility index (Phi) is 6.61. The Balaban J connectivity index is 1.45. The van der Waals surface area contributed by atoms with E-state index in [0.717, 1.165) is 32.0 Å². The van der Waals surface area contributed by atoms with Gasteiger partial charge < -0.3 is 15.5 Å². The molecule has 0 atom stereocenters. The predicted octanol–water partition coefficient (Wildman–Crippen LogP) is 2.61. The van der Waals surface area contributed by atoms with E-state index < -0.39 is 16.7 Å².